The molecule has 2 heterocycles. The van der Waals surface area contributed by atoms with E-state index in [4.69, 9.17) is 9.47 Å². The SMILES string of the molecule is COc1ccc(CCN2CCN(C(=O)OC(C)(C)C)CC2)cn1. The molecule has 1 fully saturated rings. The van der Waals surface area contributed by atoms with E-state index >= 15 is 0 Å². The molecule has 0 saturated carbocycles. The molecule has 23 heavy (non-hydrogen) atoms. The van der Waals surface area contributed by atoms with E-state index in [-0.39, 0.29) is 6.09 Å². The van der Waals surface area contributed by atoms with Crippen molar-refractivity contribution in [2.45, 2.75) is 32.8 Å². The van der Waals surface area contributed by atoms with E-state index in [0.717, 1.165) is 39.1 Å². The quantitative estimate of drug-likeness (QED) is 0.851. The van der Waals surface area contributed by atoms with Crippen LogP contribution < -0.4 is 4.74 Å². The van der Waals surface area contributed by atoms with Gasteiger partial charge in [0.1, 0.15) is 5.60 Å². The van der Waals surface area contributed by atoms with E-state index in [9.17, 15) is 4.79 Å². The summed E-state index contributed by atoms with van der Waals surface area (Å²) in [6, 6.07) is 3.93. The third-order valence-electron chi connectivity index (χ3n) is 3.75. The molecule has 6 nitrogen and oxygen atoms in total. The van der Waals surface area contributed by atoms with E-state index in [1.54, 1.807) is 12.0 Å². The maximum atomic E-state index is 12.0. The average molecular weight is 321 g/mol. The molecule has 0 aliphatic carbocycles. The Kier molecular flexibility index (Phi) is 5.82. The van der Waals surface area contributed by atoms with Gasteiger partial charge < -0.3 is 14.4 Å². The van der Waals surface area contributed by atoms with E-state index in [0.29, 0.717) is 5.88 Å². The number of hydrogen-bond donors (Lipinski definition) is 0. The van der Waals surface area contributed by atoms with Gasteiger partial charge in [0.25, 0.3) is 0 Å². The van der Waals surface area contributed by atoms with Gasteiger partial charge in [-0.15, -0.1) is 0 Å². The zero-order valence-corrected chi connectivity index (χ0v) is 14.5. The number of ether oxygens (including phenoxy) is 2. The maximum Gasteiger partial charge on any atom is 0.410 e. The first-order chi connectivity index (χ1) is 10.9. The molecular weight excluding hydrogens is 294 g/mol. The molecule has 128 valence electrons. The summed E-state index contributed by atoms with van der Waals surface area (Å²) in [5.41, 5.74) is 0.760. The normalized spacial score (nSPS) is 16.3. The molecule has 0 spiro atoms. The van der Waals surface area contributed by atoms with Crippen molar-refractivity contribution in [3.8, 4) is 5.88 Å². The lowest BCUT2D eigenvalue weighted by Gasteiger charge is -2.35. The number of carbonyl (C=O) groups excluding carboxylic acids is 1. The van der Waals surface area contributed by atoms with Crippen molar-refractivity contribution >= 4 is 6.09 Å². The Morgan fingerprint density at radius 3 is 2.43 bits per heavy atom. The lowest BCUT2D eigenvalue weighted by Crippen LogP contribution is -2.50. The number of amides is 1. The Balaban J connectivity index is 1.73. The summed E-state index contributed by atoms with van der Waals surface area (Å²) in [5.74, 6) is 0.639. The van der Waals surface area contributed by atoms with Crippen LogP contribution in [0.2, 0.25) is 0 Å². The second-order valence-corrected chi connectivity index (χ2v) is 6.77. The second kappa shape index (κ2) is 7.64. The van der Waals surface area contributed by atoms with E-state index in [1.165, 1.54) is 5.56 Å². The first-order valence-corrected chi connectivity index (χ1v) is 8.06. The van der Waals surface area contributed by atoms with Gasteiger partial charge in [0.05, 0.1) is 7.11 Å². The first-order valence-electron chi connectivity index (χ1n) is 8.06. The standard InChI is InChI=1S/C17H27N3O3/c1-17(2,3)23-16(21)20-11-9-19(10-12-20)8-7-14-5-6-15(22-4)18-13-14/h5-6,13H,7-12H2,1-4H3. The molecule has 1 amide bonds. The molecule has 0 unspecified atom stereocenters. The maximum absolute atomic E-state index is 12.0. The van der Waals surface area contributed by atoms with Gasteiger partial charge in [0.2, 0.25) is 5.88 Å². The topological polar surface area (TPSA) is 54.9 Å². The Morgan fingerprint density at radius 1 is 1.22 bits per heavy atom. The Labute approximate surface area is 138 Å². The number of rotatable bonds is 4. The van der Waals surface area contributed by atoms with Gasteiger partial charge in [-0.2, -0.15) is 0 Å². The van der Waals surface area contributed by atoms with E-state index in [1.807, 2.05) is 39.1 Å². The fraction of sp³-hybridized carbons (Fsp3) is 0.647. The predicted octanol–water partition coefficient (Wildman–Crippen LogP) is 2.19. The van der Waals surface area contributed by atoms with Crippen LogP contribution >= 0.6 is 0 Å². The summed E-state index contributed by atoms with van der Waals surface area (Å²) in [6.07, 6.45) is 2.59. The summed E-state index contributed by atoms with van der Waals surface area (Å²) < 4.78 is 10.5. The monoisotopic (exact) mass is 321 g/mol. The lowest BCUT2D eigenvalue weighted by atomic mass is 10.2. The lowest BCUT2D eigenvalue weighted by molar-refractivity contribution is 0.0146. The van der Waals surface area contributed by atoms with Crippen molar-refractivity contribution in [2.75, 3.05) is 39.8 Å². The number of aromatic nitrogens is 1. The Morgan fingerprint density at radius 2 is 1.91 bits per heavy atom. The molecule has 0 N–H and O–H groups in total. The molecule has 0 bridgehead atoms. The number of piperazine rings is 1. The Bertz CT molecular complexity index is 503. The van der Waals surface area contributed by atoms with Crippen LogP contribution in [0, 0.1) is 0 Å². The van der Waals surface area contributed by atoms with Gasteiger partial charge in [-0.25, -0.2) is 9.78 Å². The van der Waals surface area contributed by atoms with Crippen molar-refractivity contribution in [1.29, 1.82) is 0 Å². The molecule has 1 saturated heterocycles. The van der Waals surface area contributed by atoms with Gasteiger partial charge in [0.15, 0.2) is 0 Å². The third-order valence-corrected chi connectivity index (χ3v) is 3.75. The van der Waals surface area contributed by atoms with Gasteiger partial charge in [-0.05, 0) is 32.8 Å². The molecule has 6 heteroatoms. The highest BCUT2D eigenvalue weighted by Gasteiger charge is 2.25. The van der Waals surface area contributed by atoms with Crippen LogP contribution in [0.1, 0.15) is 26.3 Å². The molecular formula is C17H27N3O3. The van der Waals surface area contributed by atoms with Crippen molar-refractivity contribution in [3.05, 3.63) is 23.9 Å². The van der Waals surface area contributed by atoms with Crippen LogP contribution in [0.5, 0.6) is 5.88 Å². The number of hydrogen-bond acceptors (Lipinski definition) is 5. The van der Waals surface area contributed by atoms with Crippen molar-refractivity contribution in [3.63, 3.8) is 0 Å². The number of carbonyl (C=O) groups is 1. The highest BCUT2D eigenvalue weighted by molar-refractivity contribution is 5.68. The minimum atomic E-state index is -0.435. The number of pyridine rings is 1. The van der Waals surface area contributed by atoms with Crippen LogP contribution in [0.3, 0.4) is 0 Å². The van der Waals surface area contributed by atoms with Crippen molar-refractivity contribution in [2.24, 2.45) is 0 Å². The fourth-order valence-electron chi connectivity index (χ4n) is 2.45. The zero-order valence-electron chi connectivity index (χ0n) is 14.5. The summed E-state index contributed by atoms with van der Waals surface area (Å²) in [4.78, 5) is 20.4. The van der Waals surface area contributed by atoms with Crippen LogP contribution in [-0.4, -0.2) is 66.3 Å². The summed E-state index contributed by atoms with van der Waals surface area (Å²) in [5, 5.41) is 0. The first kappa shape index (κ1) is 17.5. The molecule has 0 aromatic carbocycles. The molecule has 2 rings (SSSR count). The third kappa shape index (κ3) is 5.71. The second-order valence-electron chi connectivity index (χ2n) is 6.77. The minimum Gasteiger partial charge on any atom is -0.481 e. The zero-order chi connectivity index (χ0) is 16.9. The van der Waals surface area contributed by atoms with Crippen LogP contribution in [0.4, 0.5) is 4.79 Å². The molecule has 1 aliphatic rings. The predicted molar refractivity (Wildman–Crippen MR) is 88.7 cm³/mol. The van der Waals surface area contributed by atoms with Gasteiger partial charge >= 0.3 is 6.09 Å². The summed E-state index contributed by atoms with van der Waals surface area (Å²) >= 11 is 0. The molecule has 1 aromatic heterocycles. The molecule has 1 aromatic rings. The molecule has 0 radical (unpaired) electrons. The van der Waals surface area contributed by atoms with Crippen LogP contribution in [0.25, 0.3) is 0 Å². The van der Waals surface area contributed by atoms with E-state index < -0.39 is 5.60 Å². The summed E-state index contributed by atoms with van der Waals surface area (Å²) in [6.45, 7) is 9.84. The smallest absolute Gasteiger partial charge is 0.410 e. The fourth-order valence-corrected chi connectivity index (χ4v) is 2.45. The minimum absolute atomic E-state index is 0.212. The number of methoxy groups -OCH3 is 1. The molecule has 1 aliphatic heterocycles. The van der Waals surface area contributed by atoms with Gasteiger partial charge in [-0.1, -0.05) is 6.07 Å². The number of nitrogens with zero attached hydrogens (tertiary/aromatic N) is 3. The average Bonchev–Trinajstić information content (AvgIpc) is 2.52. The van der Waals surface area contributed by atoms with Crippen molar-refractivity contribution in [1.82, 2.24) is 14.8 Å². The van der Waals surface area contributed by atoms with Crippen LogP contribution in [-0.2, 0) is 11.2 Å². The van der Waals surface area contributed by atoms with Gasteiger partial charge in [0, 0.05) is 45.0 Å². The highest BCUT2D eigenvalue weighted by Crippen LogP contribution is 2.12. The van der Waals surface area contributed by atoms with Crippen molar-refractivity contribution < 1.29 is 14.3 Å². The van der Waals surface area contributed by atoms with Crippen LogP contribution in [0.15, 0.2) is 18.3 Å². The van der Waals surface area contributed by atoms with E-state index in [2.05, 4.69) is 9.88 Å². The highest BCUT2D eigenvalue weighted by atomic mass is 16.6. The largest absolute Gasteiger partial charge is 0.481 e. The van der Waals surface area contributed by atoms with Gasteiger partial charge in [-0.3, -0.25) is 4.90 Å². The summed E-state index contributed by atoms with van der Waals surface area (Å²) in [7, 11) is 1.62. The molecule has 0 atom stereocenters. The Hall–Kier alpha value is -1.82.